The molecule has 3 rings (SSSR count). The van der Waals surface area contributed by atoms with Crippen LogP contribution in [0.3, 0.4) is 0 Å². The standard InChI is InChI=1S/C17H22N2OS/c1-11-5-3-6-13(9-11)15(20)10-18-12(2)17-19-14-7-4-8-16(14)21-17/h3,5-6,9,12,15,18,20H,4,7-8,10H2,1-2H3. The molecule has 0 fully saturated rings. The second kappa shape index (κ2) is 6.26. The van der Waals surface area contributed by atoms with Gasteiger partial charge in [-0.15, -0.1) is 11.3 Å². The Morgan fingerprint density at radius 2 is 2.24 bits per heavy atom. The van der Waals surface area contributed by atoms with E-state index in [2.05, 4.69) is 12.2 Å². The van der Waals surface area contributed by atoms with E-state index < -0.39 is 6.10 Å². The number of nitrogens with one attached hydrogen (secondary N) is 1. The number of benzene rings is 1. The Labute approximate surface area is 130 Å². The average Bonchev–Trinajstić information content (AvgIpc) is 3.05. The maximum absolute atomic E-state index is 10.3. The van der Waals surface area contributed by atoms with Crippen LogP contribution in [0.2, 0.25) is 0 Å². The fraction of sp³-hybridized carbons (Fsp3) is 0.471. The monoisotopic (exact) mass is 302 g/mol. The van der Waals surface area contributed by atoms with Crippen LogP contribution in [-0.2, 0) is 12.8 Å². The summed E-state index contributed by atoms with van der Waals surface area (Å²) in [6.07, 6.45) is 3.09. The molecule has 1 heterocycles. The second-order valence-electron chi connectivity index (χ2n) is 5.84. The van der Waals surface area contributed by atoms with Gasteiger partial charge in [-0.2, -0.15) is 0 Å². The number of aliphatic hydroxyl groups excluding tert-OH is 1. The predicted molar refractivity (Wildman–Crippen MR) is 86.7 cm³/mol. The van der Waals surface area contributed by atoms with Crippen LogP contribution in [0.1, 0.15) is 52.2 Å². The summed E-state index contributed by atoms with van der Waals surface area (Å²) in [5.74, 6) is 0. The molecule has 0 bridgehead atoms. The van der Waals surface area contributed by atoms with Gasteiger partial charge in [0.15, 0.2) is 0 Å². The minimum Gasteiger partial charge on any atom is -0.387 e. The van der Waals surface area contributed by atoms with E-state index >= 15 is 0 Å². The molecule has 1 aromatic carbocycles. The van der Waals surface area contributed by atoms with Gasteiger partial charge in [0, 0.05) is 11.4 Å². The minimum absolute atomic E-state index is 0.194. The molecule has 112 valence electrons. The van der Waals surface area contributed by atoms with Crippen molar-refractivity contribution in [3.63, 3.8) is 0 Å². The lowest BCUT2D eigenvalue weighted by molar-refractivity contribution is 0.170. The highest BCUT2D eigenvalue weighted by Crippen LogP contribution is 2.30. The summed E-state index contributed by atoms with van der Waals surface area (Å²) < 4.78 is 0. The van der Waals surface area contributed by atoms with Crippen molar-refractivity contribution in [1.29, 1.82) is 0 Å². The van der Waals surface area contributed by atoms with E-state index in [-0.39, 0.29) is 6.04 Å². The summed E-state index contributed by atoms with van der Waals surface area (Å²) in [5, 5.41) is 14.8. The van der Waals surface area contributed by atoms with E-state index in [0.717, 1.165) is 17.0 Å². The molecule has 1 aliphatic rings. The molecule has 2 atom stereocenters. The third-order valence-electron chi connectivity index (χ3n) is 4.03. The van der Waals surface area contributed by atoms with Crippen LogP contribution in [0.25, 0.3) is 0 Å². The van der Waals surface area contributed by atoms with Crippen molar-refractivity contribution in [3.05, 3.63) is 51.0 Å². The van der Waals surface area contributed by atoms with Crippen molar-refractivity contribution in [1.82, 2.24) is 10.3 Å². The van der Waals surface area contributed by atoms with Gasteiger partial charge in [-0.1, -0.05) is 29.8 Å². The second-order valence-corrected chi connectivity index (χ2v) is 6.95. The van der Waals surface area contributed by atoms with Crippen LogP contribution < -0.4 is 5.32 Å². The number of aromatic nitrogens is 1. The molecule has 0 aliphatic heterocycles. The number of rotatable bonds is 5. The van der Waals surface area contributed by atoms with Crippen LogP contribution in [0.5, 0.6) is 0 Å². The lowest BCUT2D eigenvalue weighted by Gasteiger charge is -2.16. The Kier molecular flexibility index (Phi) is 4.38. The smallest absolute Gasteiger partial charge is 0.110 e. The van der Waals surface area contributed by atoms with Crippen LogP contribution in [0, 0.1) is 6.92 Å². The number of nitrogens with zero attached hydrogens (tertiary/aromatic N) is 1. The molecular formula is C17H22N2OS. The normalized spacial score (nSPS) is 16.7. The number of hydrogen-bond acceptors (Lipinski definition) is 4. The van der Waals surface area contributed by atoms with Gasteiger partial charge in [0.2, 0.25) is 0 Å². The first-order valence-corrected chi connectivity index (χ1v) is 8.41. The lowest BCUT2D eigenvalue weighted by Crippen LogP contribution is -2.24. The molecule has 4 heteroatoms. The van der Waals surface area contributed by atoms with Crippen molar-refractivity contribution in [2.45, 2.75) is 45.3 Å². The molecule has 3 nitrogen and oxygen atoms in total. The Hall–Kier alpha value is -1.23. The molecule has 1 aromatic heterocycles. The Morgan fingerprint density at radius 1 is 1.38 bits per heavy atom. The summed E-state index contributed by atoms with van der Waals surface area (Å²) in [6.45, 7) is 4.72. The van der Waals surface area contributed by atoms with E-state index in [1.165, 1.54) is 29.0 Å². The van der Waals surface area contributed by atoms with Gasteiger partial charge in [-0.3, -0.25) is 0 Å². The first-order valence-electron chi connectivity index (χ1n) is 7.60. The molecule has 0 radical (unpaired) electrons. The van der Waals surface area contributed by atoms with Gasteiger partial charge < -0.3 is 10.4 Å². The first kappa shape index (κ1) is 14.7. The van der Waals surface area contributed by atoms with Crippen LogP contribution in [0.15, 0.2) is 24.3 Å². The van der Waals surface area contributed by atoms with Crippen molar-refractivity contribution in [3.8, 4) is 0 Å². The fourth-order valence-electron chi connectivity index (χ4n) is 2.77. The molecule has 2 N–H and O–H groups in total. The number of fused-ring (bicyclic) bond motifs is 1. The number of aliphatic hydroxyl groups is 1. The SMILES string of the molecule is Cc1cccc(C(O)CNC(C)c2nc3c(s2)CCC3)c1. The van der Waals surface area contributed by atoms with E-state index in [0.29, 0.717) is 6.54 Å². The summed E-state index contributed by atoms with van der Waals surface area (Å²) in [7, 11) is 0. The molecule has 21 heavy (non-hydrogen) atoms. The molecule has 0 amide bonds. The van der Waals surface area contributed by atoms with Gasteiger partial charge in [-0.25, -0.2) is 4.98 Å². The van der Waals surface area contributed by atoms with E-state index in [9.17, 15) is 5.11 Å². The van der Waals surface area contributed by atoms with E-state index in [1.807, 2.05) is 42.5 Å². The molecule has 2 unspecified atom stereocenters. The van der Waals surface area contributed by atoms with E-state index in [4.69, 9.17) is 4.98 Å². The third-order valence-corrected chi connectivity index (χ3v) is 5.37. The number of thiazole rings is 1. The number of aryl methyl sites for hydroxylation is 3. The zero-order valence-corrected chi connectivity index (χ0v) is 13.4. The molecule has 0 saturated carbocycles. The topological polar surface area (TPSA) is 45.1 Å². The lowest BCUT2D eigenvalue weighted by atomic mass is 10.1. The highest BCUT2D eigenvalue weighted by Gasteiger charge is 2.20. The number of hydrogen-bond donors (Lipinski definition) is 2. The highest BCUT2D eigenvalue weighted by molar-refractivity contribution is 7.11. The summed E-state index contributed by atoms with van der Waals surface area (Å²) >= 11 is 1.82. The zero-order valence-electron chi connectivity index (χ0n) is 12.6. The molecule has 0 saturated heterocycles. The highest BCUT2D eigenvalue weighted by atomic mass is 32.1. The van der Waals surface area contributed by atoms with Gasteiger partial charge in [0.25, 0.3) is 0 Å². The average molecular weight is 302 g/mol. The van der Waals surface area contributed by atoms with Gasteiger partial charge in [0.1, 0.15) is 5.01 Å². The Morgan fingerprint density at radius 3 is 3.00 bits per heavy atom. The molecule has 2 aromatic rings. The van der Waals surface area contributed by atoms with Crippen molar-refractivity contribution >= 4 is 11.3 Å². The van der Waals surface area contributed by atoms with E-state index in [1.54, 1.807) is 0 Å². The predicted octanol–water partition coefficient (Wildman–Crippen LogP) is 3.32. The maximum Gasteiger partial charge on any atom is 0.110 e. The molecule has 0 spiro atoms. The summed E-state index contributed by atoms with van der Waals surface area (Å²) in [6, 6.07) is 8.24. The van der Waals surface area contributed by atoms with Crippen molar-refractivity contribution in [2.24, 2.45) is 0 Å². The quantitative estimate of drug-likeness (QED) is 0.890. The van der Waals surface area contributed by atoms with Crippen molar-refractivity contribution in [2.75, 3.05) is 6.54 Å². The van der Waals surface area contributed by atoms with Crippen LogP contribution >= 0.6 is 11.3 Å². The molecular weight excluding hydrogens is 280 g/mol. The zero-order chi connectivity index (χ0) is 14.8. The van der Waals surface area contributed by atoms with Crippen LogP contribution in [0.4, 0.5) is 0 Å². The largest absolute Gasteiger partial charge is 0.387 e. The summed E-state index contributed by atoms with van der Waals surface area (Å²) in [5.41, 5.74) is 3.44. The van der Waals surface area contributed by atoms with Gasteiger partial charge >= 0.3 is 0 Å². The fourth-order valence-corrected chi connectivity index (χ4v) is 3.95. The van der Waals surface area contributed by atoms with Crippen LogP contribution in [-0.4, -0.2) is 16.6 Å². The third kappa shape index (κ3) is 3.34. The molecule has 1 aliphatic carbocycles. The van der Waals surface area contributed by atoms with Crippen molar-refractivity contribution < 1.29 is 5.11 Å². The first-order chi connectivity index (χ1) is 10.1. The van der Waals surface area contributed by atoms with Gasteiger partial charge in [0.05, 0.1) is 17.8 Å². The summed E-state index contributed by atoms with van der Waals surface area (Å²) in [4.78, 5) is 6.19. The maximum atomic E-state index is 10.3. The Balaban J connectivity index is 1.58. The minimum atomic E-state index is -0.473. The Bertz CT molecular complexity index is 602. The van der Waals surface area contributed by atoms with Gasteiger partial charge in [-0.05, 0) is 38.7 Å².